The van der Waals surface area contributed by atoms with Gasteiger partial charge < -0.3 is 63.8 Å². The minimum absolute atomic E-state index is 0.0929. The molecule has 5 rings (SSSR count). The molecular weight excluding hydrogens is 620 g/mol. The first-order chi connectivity index (χ1) is 22.2. The van der Waals surface area contributed by atoms with E-state index in [-0.39, 0.29) is 34.5 Å². The molecule has 0 saturated carbocycles. The van der Waals surface area contributed by atoms with E-state index in [1.54, 1.807) is 24.3 Å². The Hall–Kier alpha value is -3.73. The van der Waals surface area contributed by atoms with Crippen LogP contribution in [-0.2, 0) is 20.6 Å². The molecule has 3 heterocycles. The molecule has 0 aliphatic carbocycles. The third-order valence-electron chi connectivity index (χ3n) is 8.37. The molecule has 14 heteroatoms. The van der Waals surface area contributed by atoms with Crippen molar-refractivity contribution >= 4 is 11.0 Å². The second-order valence-electron chi connectivity index (χ2n) is 12.0. The van der Waals surface area contributed by atoms with Crippen LogP contribution in [0, 0.1) is 0 Å². The fourth-order valence-corrected chi connectivity index (χ4v) is 5.55. The zero-order chi connectivity index (χ0) is 34.3. The second-order valence-corrected chi connectivity index (χ2v) is 12.0. The Kier molecular flexibility index (Phi) is 10.1. The van der Waals surface area contributed by atoms with Crippen molar-refractivity contribution in [1.29, 1.82) is 0 Å². The quantitative estimate of drug-likeness (QED) is 0.170. The lowest BCUT2D eigenvalue weighted by Crippen LogP contribution is -2.63. The van der Waals surface area contributed by atoms with Gasteiger partial charge in [-0.15, -0.1) is 0 Å². The monoisotopic (exact) mass is 660 g/mol. The number of aliphatic hydroxyl groups excluding tert-OH is 5. The van der Waals surface area contributed by atoms with Gasteiger partial charge in [0.15, 0.2) is 18.2 Å². The molecule has 47 heavy (non-hydrogen) atoms. The van der Waals surface area contributed by atoms with Crippen LogP contribution in [0.4, 0.5) is 0 Å². The number of benzene rings is 2. The fourth-order valence-electron chi connectivity index (χ4n) is 5.55. The minimum atomic E-state index is -1.77. The van der Waals surface area contributed by atoms with Crippen molar-refractivity contribution in [2.45, 2.75) is 95.5 Å². The minimum Gasteiger partial charge on any atom is -0.507 e. The summed E-state index contributed by atoms with van der Waals surface area (Å²) in [4.78, 5) is 14.2. The molecule has 7 N–H and O–H groups in total. The molecular formula is C33H40O14. The first-order valence-corrected chi connectivity index (χ1v) is 15.1. The Morgan fingerprint density at radius 2 is 1.47 bits per heavy atom. The maximum absolute atomic E-state index is 14.2. The van der Waals surface area contributed by atoms with Gasteiger partial charge in [0.05, 0.1) is 19.3 Å². The molecule has 2 fully saturated rings. The van der Waals surface area contributed by atoms with Crippen LogP contribution in [0.2, 0.25) is 0 Å². The Labute approximate surface area is 269 Å². The van der Waals surface area contributed by atoms with Crippen molar-refractivity contribution in [1.82, 2.24) is 0 Å². The van der Waals surface area contributed by atoms with E-state index in [9.17, 15) is 40.5 Å². The SMILES string of the molecule is COc1ccc(-c2oc3c(CC=C(C)C)c(O)cc(O)c3c(=O)c2O[C@H]2O[C@@H](C)[C@H](O)[C@@H](O)[C@H]2O[C@H]2O[C@@H](C)[C@H](O)[C@@H](O)[C@H]2O)cc1. The molecule has 2 saturated heterocycles. The van der Waals surface area contributed by atoms with Gasteiger partial charge in [-0.2, -0.15) is 0 Å². The van der Waals surface area contributed by atoms with Crippen LogP contribution < -0.4 is 14.9 Å². The largest absolute Gasteiger partial charge is 0.507 e. The predicted octanol–water partition coefficient (Wildman–Crippen LogP) is 1.45. The topological polar surface area (TPSA) is 218 Å². The molecule has 2 aliphatic rings. The van der Waals surface area contributed by atoms with Crippen molar-refractivity contribution in [3.8, 4) is 34.3 Å². The fraction of sp³-hybridized carbons (Fsp3) is 0.485. The Balaban J connectivity index is 1.65. The number of allylic oxidation sites excluding steroid dienone is 2. The molecule has 0 amide bonds. The van der Waals surface area contributed by atoms with Crippen LogP contribution in [-0.4, -0.2) is 104 Å². The van der Waals surface area contributed by atoms with E-state index in [0.717, 1.165) is 11.6 Å². The molecule has 1 aromatic heterocycles. The highest BCUT2D eigenvalue weighted by Crippen LogP contribution is 2.41. The van der Waals surface area contributed by atoms with Crippen molar-refractivity contribution in [3.05, 3.63) is 57.8 Å². The summed E-state index contributed by atoms with van der Waals surface area (Å²) in [6, 6.07) is 7.43. The molecule has 0 radical (unpaired) electrons. The molecule has 2 aromatic carbocycles. The third kappa shape index (κ3) is 6.68. The van der Waals surface area contributed by atoms with Crippen molar-refractivity contribution in [2.75, 3.05) is 7.11 Å². The van der Waals surface area contributed by atoms with E-state index in [0.29, 0.717) is 11.3 Å². The van der Waals surface area contributed by atoms with Crippen LogP contribution >= 0.6 is 0 Å². The summed E-state index contributed by atoms with van der Waals surface area (Å²) in [5.74, 6) is -0.987. The zero-order valence-corrected chi connectivity index (χ0v) is 26.4. The van der Waals surface area contributed by atoms with Gasteiger partial charge in [0.2, 0.25) is 17.5 Å². The maximum atomic E-state index is 14.2. The number of hydrogen-bond acceptors (Lipinski definition) is 14. The van der Waals surface area contributed by atoms with E-state index >= 15 is 0 Å². The van der Waals surface area contributed by atoms with Gasteiger partial charge in [0.1, 0.15) is 58.7 Å². The summed E-state index contributed by atoms with van der Waals surface area (Å²) in [6.45, 7) is 6.61. The lowest BCUT2D eigenvalue weighted by atomic mass is 9.98. The van der Waals surface area contributed by atoms with E-state index in [2.05, 4.69) is 0 Å². The molecule has 14 nitrogen and oxygen atoms in total. The van der Waals surface area contributed by atoms with E-state index < -0.39 is 78.3 Å². The first kappa shape index (κ1) is 34.6. The highest BCUT2D eigenvalue weighted by Gasteiger charge is 2.50. The Morgan fingerprint density at radius 1 is 0.851 bits per heavy atom. The van der Waals surface area contributed by atoms with Crippen molar-refractivity contribution in [3.63, 3.8) is 0 Å². The number of aliphatic hydroxyl groups is 5. The normalized spacial score (nSPS) is 31.0. The van der Waals surface area contributed by atoms with Crippen molar-refractivity contribution < 1.29 is 63.8 Å². The van der Waals surface area contributed by atoms with E-state index in [1.807, 2.05) is 19.9 Å². The molecule has 10 atom stereocenters. The molecule has 256 valence electrons. The highest BCUT2D eigenvalue weighted by atomic mass is 16.8. The maximum Gasteiger partial charge on any atom is 0.239 e. The first-order valence-electron chi connectivity index (χ1n) is 15.1. The number of aromatic hydroxyl groups is 2. The van der Waals surface area contributed by atoms with Gasteiger partial charge in [0, 0.05) is 17.2 Å². The van der Waals surface area contributed by atoms with Gasteiger partial charge in [0.25, 0.3) is 0 Å². The zero-order valence-electron chi connectivity index (χ0n) is 26.4. The molecule has 3 aromatic rings. The number of phenolic OH excluding ortho intramolecular Hbond substituents is 2. The summed E-state index contributed by atoms with van der Waals surface area (Å²) in [5, 5.41) is 74.0. The molecule has 2 aliphatic heterocycles. The summed E-state index contributed by atoms with van der Waals surface area (Å²) >= 11 is 0. The second kappa shape index (κ2) is 13.8. The van der Waals surface area contributed by atoms with Gasteiger partial charge in [-0.25, -0.2) is 0 Å². The summed E-state index contributed by atoms with van der Waals surface area (Å²) in [5.41, 5.74) is 0.546. The summed E-state index contributed by atoms with van der Waals surface area (Å²) in [7, 11) is 1.48. The number of fused-ring (bicyclic) bond motifs is 1. The third-order valence-corrected chi connectivity index (χ3v) is 8.37. The smallest absolute Gasteiger partial charge is 0.239 e. The van der Waals surface area contributed by atoms with Crippen LogP contribution in [0.25, 0.3) is 22.3 Å². The van der Waals surface area contributed by atoms with Crippen LogP contribution in [0.15, 0.2) is 51.2 Å². The average Bonchev–Trinajstić information content (AvgIpc) is 3.03. The molecule has 0 bridgehead atoms. The summed E-state index contributed by atoms with van der Waals surface area (Å²) in [6.07, 6.45) is -13.0. The number of methoxy groups -OCH3 is 1. The predicted molar refractivity (Wildman–Crippen MR) is 165 cm³/mol. The van der Waals surface area contributed by atoms with Gasteiger partial charge in [-0.3, -0.25) is 4.79 Å². The van der Waals surface area contributed by atoms with E-state index in [1.165, 1.54) is 21.0 Å². The van der Waals surface area contributed by atoms with Crippen molar-refractivity contribution in [2.24, 2.45) is 0 Å². The number of ether oxygens (including phenoxy) is 5. The van der Waals surface area contributed by atoms with Gasteiger partial charge in [-0.1, -0.05) is 11.6 Å². The number of phenols is 2. The summed E-state index contributed by atoms with van der Waals surface area (Å²) < 4.78 is 34.9. The van der Waals surface area contributed by atoms with Crippen LogP contribution in [0.5, 0.6) is 23.0 Å². The van der Waals surface area contributed by atoms with Crippen LogP contribution in [0.1, 0.15) is 33.3 Å². The average molecular weight is 661 g/mol. The molecule has 0 unspecified atom stereocenters. The number of hydrogen-bond donors (Lipinski definition) is 7. The standard InChI is InChI=1S/C33H40O14/c1-13(2)6-11-18-19(34)12-20(35)21-24(38)30(28(45-29(18)21)16-7-9-17(42-5)10-8-16)46-33-31(26(40)23(37)15(4)44-33)47-32-27(41)25(39)22(36)14(3)43-32/h6-10,12,14-15,22-23,25-27,31-37,39-41H,11H2,1-5H3/t14-,15-,22-,23-,25+,26+,27+,31+,32+,33+/m0/s1. The van der Waals surface area contributed by atoms with E-state index in [4.69, 9.17) is 28.1 Å². The number of rotatable bonds is 8. The van der Waals surface area contributed by atoms with Crippen LogP contribution in [0.3, 0.4) is 0 Å². The van der Waals surface area contributed by atoms with Gasteiger partial charge in [-0.05, 0) is 58.4 Å². The Morgan fingerprint density at radius 3 is 2.09 bits per heavy atom. The lowest BCUT2D eigenvalue weighted by Gasteiger charge is -2.45. The Bertz CT molecular complexity index is 1660. The highest BCUT2D eigenvalue weighted by molar-refractivity contribution is 5.91. The van der Waals surface area contributed by atoms with Gasteiger partial charge >= 0.3 is 0 Å². The lowest BCUT2D eigenvalue weighted by molar-refractivity contribution is -0.352. The molecule has 0 spiro atoms.